The van der Waals surface area contributed by atoms with Crippen molar-refractivity contribution in [1.29, 1.82) is 0 Å². The molecule has 0 aliphatic heterocycles. The van der Waals surface area contributed by atoms with Crippen LogP contribution in [0.5, 0.6) is 0 Å². The van der Waals surface area contributed by atoms with E-state index < -0.39 is 15.7 Å². The van der Waals surface area contributed by atoms with Gasteiger partial charge in [0.25, 0.3) is 0 Å². The molecule has 3 nitrogen and oxygen atoms in total. The molecule has 0 spiro atoms. The first kappa shape index (κ1) is 19.1. The van der Waals surface area contributed by atoms with Gasteiger partial charge in [0.15, 0.2) is 0 Å². The zero-order valence-corrected chi connectivity index (χ0v) is 15.0. The number of hydrogen-bond donors (Lipinski definition) is 0. The van der Waals surface area contributed by atoms with E-state index in [-0.39, 0.29) is 11.7 Å². The van der Waals surface area contributed by atoms with Gasteiger partial charge >= 0.3 is 0 Å². The second kappa shape index (κ2) is 8.63. The van der Waals surface area contributed by atoms with Gasteiger partial charge in [0, 0.05) is 5.88 Å². The lowest BCUT2D eigenvalue weighted by Gasteiger charge is -2.20. The van der Waals surface area contributed by atoms with Gasteiger partial charge in [0.05, 0.1) is 17.8 Å². The van der Waals surface area contributed by atoms with Crippen molar-refractivity contribution in [2.45, 2.75) is 44.3 Å². The normalized spacial score (nSPS) is 15.5. The van der Waals surface area contributed by atoms with Crippen molar-refractivity contribution < 1.29 is 13.3 Å². The number of alkyl halides is 1. The number of rotatable bonds is 6. The minimum atomic E-state index is -1.42. The Morgan fingerprint density at radius 3 is 2.41 bits per heavy atom. The van der Waals surface area contributed by atoms with Crippen molar-refractivity contribution in [3.05, 3.63) is 35.6 Å². The van der Waals surface area contributed by atoms with Crippen molar-refractivity contribution in [2.75, 3.05) is 13.0 Å². The fourth-order valence-electron chi connectivity index (χ4n) is 1.87. The van der Waals surface area contributed by atoms with E-state index in [0.29, 0.717) is 18.2 Å². The molecule has 0 saturated carbocycles. The van der Waals surface area contributed by atoms with Crippen LogP contribution in [-0.4, -0.2) is 27.8 Å². The second-order valence-electron chi connectivity index (χ2n) is 5.93. The molecule has 1 aromatic rings. The first-order valence-corrected chi connectivity index (χ1v) is 8.79. The highest BCUT2D eigenvalue weighted by atomic mass is 35.5. The Kier molecular flexibility index (Phi) is 7.49. The SMILES string of the molecule is CO/C(=N\[S@](=O)C(C)(C)C)[C@H](CCCCl)c1ccc(F)cc1. The van der Waals surface area contributed by atoms with Crippen LogP contribution >= 0.6 is 11.6 Å². The third kappa shape index (κ3) is 5.69. The van der Waals surface area contributed by atoms with Crippen LogP contribution in [0, 0.1) is 5.82 Å². The molecule has 0 radical (unpaired) electrons. The van der Waals surface area contributed by atoms with Crippen LogP contribution in [0.15, 0.2) is 28.7 Å². The highest BCUT2D eigenvalue weighted by Gasteiger charge is 2.24. The average molecular weight is 348 g/mol. The molecule has 0 saturated heterocycles. The van der Waals surface area contributed by atoms with Gasteiger partial charge in [-0.3, -0.25) is 0 Å². The molecule has 2 atom stereocenters. The Balaban J connectivity index is 3.14. The predicted octanol–water partition coefficient (Wildman–Crippen LogP) is 4.44. The first-order chi connectivity index (χ1) is 10.3. The summed E-state index contributed by atoms with van der Waals surface area (Å²) in [6.45, 7) is 5.56. The van der Waals surface area contributed by atoms with Gasteiger partial charge in [0.2, 0.25) is 5.90 Å². The lowest BCUT2D eigenvalue weighted by atomic mass is 9.94. The molecule has 0 amide bonds. The van der Waals surface area contributed by atoms with Crippen LogP contribution in [0.25, 0.3) is 0 Å². The number of nitrogens with zero attached hydrogens (tertiary/aromatic N) is 1. The monoisotopic (exact) mass is 347 g/mol. The smallest absolute Gasteiger partial charge is 0.204 e. The van der Waals surface area contributed by atoms with Crippen LogP contribution in [0.4, 0.5) is 4.39 Å². The molecule has 0 aliphatic rings. The Labute approximate surface area is 139 Å². The summed E-state index contributed by atoms with van der Waals surface area (Å²) in [5.41, 5.74) is 0.873. The molecule has 0 N–H and O–H groups in total. The van der Waals surface area contributed by atoms with Crippen molar-refractivity contribution >= 4 is 28.5 Å². The number of benzene rings is 1. The largest absolute Gasteiger partial charge is 0.483 e. The first-order valence-electron chi connectivity index (χ1n) is 7.15. The Morgan fingerprint density at radius 2 is 1.95 bits per heavy atom. The molecule has 6 heteroatoms. The van der Waals surface area contributed by atoms with Gasteiger partial charge < -0.3 is 4.74 Å². The zero-order valence-electron chi connectivity index (χ0n) is 13.4. The van der Waals surface area contributed by atoms with E-state index in [1.54, 1.807) is 12.1 Å². The van der Waals surface area contributed by atoms with Gasteiger partial charge in [0.1, 0.15) is 16.8 Å². The topological polar surface area (TPSA) is 38.7 Å². The van der Waals surface area contributed by atoms with E-state index in [9.17, 15) is 8.60 Å². The Hall–Kier alpha value is -0.940. The van der Waals surface area contributed by atoms with Crippen molar-refractivity contribution in [3.63, 3.8) is 0 Å². The summed E-state index contributed by atoms with van der Waals surface area (Å²) in [5, 5.41) is 0. The summed E-state index contributed by atoms with van der Waals surface area (Å²) in [6, 6.07) is 6.19. The Bertz CT molecular complexity index is 526. The standard InChI is InChI=1S/C16H23ClFNO2S/c1-16(2,3)22(20)19-15(21-4)14(6-5-11-17)12-7-9-13(18)10-8-12/h7-10,14H,5-6,11H2,1-4H3/b19-15-/t14-,22-/m1/s1. The van der Waals surface area contributed by atoms with Gasteiger partial charge in [-0.25, -0.2) is 8.60 Å². The lowest BCUT2D eigenvalue weighted by Crippen LogP contribution is -2.23. The van der Waals surface area contributed by atoms with Gasteiger partial charge in [-0.15, -0.1) is 11.6 Å². The van der Waals surface area contributed by atoms with E-state index in [0.717, 1.165) is 12.0 Å². The second-order valence-corrected chi connectivity index (χ2v) is 8.21. The summed E-state index contributed by atoms with van der Waals surface area (Å²) in [5.74, 6) is 0.423. The zero-order chi connectivity index (χ0) is 16.8. The third-order valence-corrected chi connectivity index (χ3v) is 4.76. The number of hydrogen-bond acceptors (Lipinski definition) is 2. The third-order valence-electron chi connectivity index (χ3n) is 3.10. The maximum Gasteiger partial charge on any atom is 0.204 e. The van der Waals surface area contributed by atoms with Crippen LogP contribution in [0.1, 0.15) is 45.1 Å². The molecule has 0 bridgehead atoms. The van der Waals surface area contributed by atoms with Crippen LogP contribution in [0.3, 0.4) is 0 Å². The fraction of sp³-hybridized carbons (Fsp3) is 0.562. The quantitative estimate of drug-likeness (QED) is 0.433. The summed E-state index contributed by atoms with van der Waals surface area (Å²) < 4.78 is 34.5. The molecular formula is C16H23ClFNO2S. The van der Waals surface area contributed by atoms with E-state index >= 15 is 0 Å². The van der Waals surface area contributed by atoms with Crippen LogP contribution < -0.4 is 0 Å². The molecule has 0 aliphatic carbocycles. The summed E-state index contributed by atoms with van der Waals surface area (Å²) >= 11 is 5.78. The van der Waals surface area contributed by atoms with Gasteiger partial charge in [-0.1, -0.05) is 12.1 Å². The van der Waals surface area contributed by atoms with Crippen LogP contribution in [-0.2, 0) is 15.7 Å². The fourth-order valence-corrected chi connectivity index (χ4v) is 2.66. The number of ether oxygens (including phenoxy) is 1. The molecule has 0 aromatic heterocycles. The predicted molar refractivity (Wildman–Crippen MR) is 91.4 cm³/mol. The summed E-state index contributed by atoms with van der Waals surface area (Å²) in [4.78, 5) is 0. The summed E-state index contributed by atoms with van der Waals surface area (Å²) in [6.07, 6.45) is 1.46. The molecule has 0 fully saturated rings. The Morgan fingerprint density at radius 1 is 1.36 bits per heavy atom. The summed E-state index contributed by atoms with van der Waals surface area (Å²) in [7, 11) is 0.0942. The molecule has 1 aromatic carbocycles. The number of methoxy groups -OCH3 is 1. The van der Waals surface area contributed by atoms with E-state index in [1.165, 1.54) is 19.2 Å². The molecule has 0 unspecified atom stereocenters. The van der Waals surface area contributed by atoms with E-state index in [2.05, 4.69) is 4.40 Å². The minimum Gasteiger partial charge on any atom is -0.483 e. The maximum absolute atomic E-state index is 13.1. The van der Waals surface area contributed by atoms with Gasteiger partial charge in [-0.2, -0.15) is 4.40 Å². The molecule has 124 valence electrons. The molecule has 1 rings (SSSR count). The van der Waals surface area contributed by atoms with E-state index in [4.69, 9.17) is 16.3 Å². The molecular weight excluding hydrogens is 325 g/mol. The highest BCUT2D eigenvalue weighted by Crippen LogP contribution is 2.26. The van der Waals surface area contributed by atoms with Crippen LogP contribution in [0.2, 0.25) is 0 Å². The average Bonchev–Trinajstić information content (AvgIpc) is 2.46. The minimum absolute atomic E-state index is 0.185. The maximum atomic E-state index is 13.1. The molecule has 0 heterocycles. The molecule has 22 heavy (non-hydrogen) atoms. The number of halogens is 2. The van der Waals surface area contributed by atoms with Crippen molar-refractivity contribution in [1.82, 2.24) is 0 Å². The van der Waals surface area contributed by atoms with E-state index in [1.807, 2.05) is 20.8 Å². The van der Waals surface area contributed by atoms with Crippen molar-refractivity contribution in [3.8, 4) is 0 Å². The lowest BCUT2D eigenvalue weighted by molar-refractivity contribution is 0.379. The highest BCUT2D eigenvalue weighted by molar-refractivity contribution is 7.85. The van der Waals surface area contributed by atoms with Gasteiger partial charge in [-0.05, 0) is 51.3 Å². The van der Waals surface area contributed by atoms with Crippen molar-refractivity contribution in [2.24, 2.45) is 4.40 Å².